The number of methoxy groups -OCH3 is 2. The summed E-state index contributed by atoms with van der Waals surface area (Å²) in [4.78, 5) is 0. The maximum atomic E-state index is 6.68. The van der Waals surface area contributed by atoms with E-state index in [2.05, 4.69) is 121 Å². The van der Waals surface area contributed by atoms with Crippen LogP contribution in [0.25, 0.3) is 65.3 Å². The molecule has 7 aromatic carbocycles. The molecule has 0 atom stereocenters. The highest BCUT2D eigenvalue weighted by Crippen LogP contribution is 2.45. The summed E-state index contributed by atoms with van der Waals surface area (Å²) in [5, 5.41) is 9.31. The summed E-state index contributed by atoms with van der Waals surface area (Å²) < 4.78 is 46.5. The Bertz CT molecular complexity index is 2170. The number of fused-ring (bicyclic) bond motifs is 4. The van der Waals surface area contributed by atoms with Crippen molar-refractivity contribution in [1.82, 2.24) is 0 Å². The molecule has 0 saturated heterocycles. The molecule has 290 valence electrons. The molecule has 0 heterocycles. The SMILES string of the molecule is COCCOCCOCCOc1cc(-c2cccc3cc4ccccc4cc23)c(OCCOCCOCCOC)cc1-c1cccc2cc3ccccc3cc12. The largest absolute Gasteiger partial charge is 0.491 e. The first-order valence-electron chi connectivity index (χ1n) is 19.3. The van der Waals surface area contributed by atoms with Gasteiger partial charge in [-0.1, -0.05) is 84.9 Å². The Morgan fingerprint density at radius 3 is 1.04 bits per heavy atom. The molecular formula is C48H50O8. The minimum atomic E-state index is 0.360. The van der Waals surface area contributed by atoms with Crippen molar-refractivity contribution in [2.45, 2.75) is 0 Å². The van der Waals surface area contributed by atoms with Gasteiger partial charge in [0.15, 0.2) is 0 Å². The van der Waals surface area contributed by atoms with E-state index in [1.54, 1.807) is 14.2 Å². The Morgan fingerprint density at radius 1 is 0.304 bits per heavy atom. The van der Waals surface area contributed by atoms with Crippen LogP contribution in [0.2, 0.25) is 0 Å². The number of ether oxygens (including phenoxy) is 8. The van der Waals surface area contributed by atoms with Crippen LogP contribution in [0.15, 0.2) is 121 Å². The summed E-state index contributed by atoms with van der Waals surface area (Å²) >= 11 is 0. The molecule has 0 aliphatic rings. The molecule has 7 rings (SSSR count). The third kappa shape index (κ3) is 9.84. The van der Waals surface area contributed by atoms with Crippen molar-refractivity contribution in [2.75, 3.05) is 93.5 Å². The lowest BCUT2D eigenvalue weighted by molar-refractivity contribution is 0.0178. The van der Waals surface area contributed by atoms with Crippen molar-refractivity contribution < 1.29 is 37.9 Å². The molecule has 56 heavy (non-hydrogen) atoms. The highest BCUT2D eigenvalue weighted by atomic mass is 16.6. The number of hydrogen-bond acceptors (Lipinski definition) is 8. The van der Waals surface area contributed by atoms with E-state index in [1.807, 2.05) is 0 Å². The van der Waals surface area contributed by atoms with Gasteiger partial charge in [0.1, 0.15) is 24.7 Å². The van der Waals surface area contributed by atoms with E-state index in [9.17, 15) is 0 Å². The molecule has 0 amide bonds. The second kappa shape index (κ2) is 20.2. The first-order chi connectivity index (χ1) is 27.7. The van der Waals surface area contributed by atoms with Gasteiger partial charge >= 0.3 is 0 Å². The maximum Gasteiger partial charge on any atom is 0.128 e. The van der Waals surface area contributed by atoms with Crippen LogP contribution in [-0.4, -0.2) is 93.5 Å². The predicted octanol–water partition coefficient (Wildman–Crippen LogP) is 9.75. The Balaban J connectivity index is 1.27. The third-order valence-electron chi connectivity index (χ3n) is 9.73. The van der Waals surface area contributed by atoms with Gasteiger partial charge in [0.25, 0.3) is 0 Å². The van der Waals surface area contributed by atoms with Crippen molar-refractivity contribution in [3.8, 4) is 33.8 Å². The zero-order chi connectivity index (χ0) is 38.4. The average molecular weight is 755 g/mol. The van der Waals surface area contributed by atoms with E-state index < -0.39 is 0 Å². The van der Waals surface area contributed by atoms with Gasteiger partial charge < -0.3 is 37.9 Å². The fraction of sp³-hybridized carbons (Fsp3) is 0.292. The van der Waals surface area contributed by atoms with Crippen LogP contribution in [-0.2, 0) is 28.4 Å². The van der Waals surface area contributed by atoms with Crippen molar-refractivity contribution in [3.05, 3.63) is 121 Å². The molecule has 0 aromatic heterocycles. The molecule has 0 aliphatic carbocycles. The molecule has 0 fully saturated rings. The lowest BCUT2D eigenvalue weighted by atomic mass is 9.91. The zero-order valence-electron chi connectivity index (χ0n) is 32.3. The lowest BCUT2D eigenvalue weighted by Crippen LogP contribution is -2.13. The molecule has 0 N–H and O–H groups in total. The monoisotopic (exact) mass is 754 g/mol. The minimum absolute atomic E-state index is 0.360. The van der Waals surface area contributed by atoms with Gasteiger partial charge in [0, 0.05) is 25.3 Å². The van der Waals surface area contributed by atoms with Crippen LogP contribution in [0.5, 0.6) is 11.5 Å². The summed E-state index contributed by atoms with van der Waals surface area (Å²) in [5.74, 6) is 1.49. The van der Waals surface area contributed by atoms with Gasteiger partial charge in [-0.2, -0.15) is 0 Å². The second-order valence-corrected chi connectivity index (χ2v) is 13.4. The fourth-order valence-electron chi connectivity index (χ4n) is 6.97. The van der Waals surface area contributed by atoms with Crippen LogP contribution in [0.1, 0.15) is 0 Å². The van der Waals surface area contributed by atoms with Crippen LogP contribution in [0.3, 0.4) is 0 Å². The third-order valence-corrected chi connectivity index (χ3v) is 9.73. The second-order valence-electron chi connectivity index (χ2n) is 13.4. The number of hydrogen-bond donors (Lipinski definition) is 0. The topological polar surface area (TPSA) is 73.8 Å². The van der Waals surface area contributed by atoms with E-state index in [4.69, 9.17) is 37.9 Å². The Morgan fingerprint density at radius 2 is 0.643 bits per heavy atom. The van der Waals surface area contributed by atoms with Crippen LogP contribution in [0.4, 0.5) is 0 Å². The maximum absolute atomic E-state index is 6.68. The number of benzene rings is 7. The molecule has 0 unspecified atom stereocenters. The molecule has 0 aliphatic heterocycles. The summed E-state index contributed by atoms with van der Waals surface area (Å²) in [6.07, 6.45) is 0. The molecular weight excluding hydrogens is 705 g/mol. The fourth-order valence-corrected chi connectivity index (χ4v) is 6.97. The van der Waals surface area contributed by atoms with Gasteiger partial charge in [-0.25, -0.2) is 0 Å². The van der Waals surface area contributed by atoms with Gasteiger partial charge in [0.2, 0.25) is 0 Å². The summed E-state index contributed by atoms with van der Waals surface area (Å²) in [6.45, 7) is 5.67. The van der Waals surface area contributed by atoms with Gasteiger partial charge in [-0.3, -0.25) is 0 Å². The highest BCUT2D eigenvalue weighted by Gasteiger charge is 2.19. The molecule has 8 nitrogen and oxygen atoms in total. The minimum Gasteiger partial charge on any atom is -0.491 e. The van der Waals surface area contributed by atoms with E-state index in [0.29, 0.717) is 79.3 Å². The quantitative estimate of drug-likeness (QED) is 0.0501. The Hall–Kier alpha value is -5.06. The molecule has 0 radical (unpaired) electrons. The molecule has 7 aromatic rings. The first-order valence-corrected chi connectivity index (χ1v) is 19.3. The van der Waals surface area contributed by atoms with E-state index in [-0.39, 0.29) is 0 Å². The lowest BCUT2D eigenvalue weighted by Gasteiger charge is -2.20. The Labute approximate surface area is 328 Å². The average Bonchev–Trinajstić information content (AvgIpc) is 3.23. The van der Waals surface area contributed by atoms with E-state index in [1.165, 1.54) is 21.5 Å². The van der Waals surface area contributed by atoms with E-state index in [0.717, 1.165) is 55.3 Å². The van der Waals surface area contributed by atoms with Crippen LogP contribution in [0, 0.1) is 0 Å². The van der Waals surface area contributed by atoms with Gasteiger partial charge in [-0.05, 0) is 90.6 Å². The summed E-state index contributed by atoms with van der Waals surface area (Å²) in [6, 6.07) is 43.1. The highest BCUT2D eigenvalue weighted by molar-refractivity contribution is 6.08. The van der Waals surface area contributed by atoms with Gasteiger partial charge in [-0.15, -0.1) is 0 Å². The van der Waals surface area contributed by atoms with Crippen molar-refractivity contribution in [1.29, 1.82) is 0 Å². The standard InChI is InChI=1S/C48H50O8/c1-49-17-19-51-21-23-53-25-27-55-47-33-46(42-16-8-14-40-30-36-10-4-6-12-38(36)32-44(40)42)48(56-28-26-54-24-22-52-20-18-50-2)34-45(47)41-15-7-13-39-29-35-9-3-5-11-37(35)31-43(39)41/h3-16,29-34H,17-28H2,1-2H3. The van der Waals surface area contributed by atoms with Crippen LogP contribution < -0.4 is 9.47 Å². The number of rotatable bonds is 22. The zero-order valence-corrected chi connectivity index (χ0v) is 32.3. The Kier molecular flexibility index (Phi) is 14.1. The molecule has 0 bridgehead atoms. The molecule has 0 saturated carbocycles. The molecule has 0 spiro atoms. The predicted molar refractivity (Wildman–Crippen MR) is 225 cm³/mol. The van der Waals surface area contributed by atoms with Crippen molar-refractivity contribution in [3.63, 3.8) is 0 Å². The van der Waals surface area contributed by atoms with Crippen LogP contribution >= 0.6 is 0 Å². The molecule has 8 heteroatoms. The summed E-state index contributed by atoms with van der Waals surface area (Å²) in [7, 11) is 3.33. The summed E-state index contributed by atoms with van der Waals surface area (Å²) in [5.41, 5.74) is 3.98. The van der Waals surface area contributed by atoms with Crippen molar-refractivity contribution in [2.24, 2.45) is 0 Å². The smallest absolute Gasteiger partial charge is 0.128 e. The van der Waals surface area contributed by atoms with Crippen molar-refractivity contribution >= 4 is 43.1 Å². The first kappa shape index (κ1) is 39.2. The normalized spacial score (nSPS) is 11.6. The van der Waals surface area contributed by atoms with Gasteiger partial charge in [0.05, 0.1) is 66.1 Å². The van der Waals surface area contributed by atoms with E-state index >= 15 is 0 Å².